The summed E-state index contributed by atoms with van der Waals surface area (Å²) in [4.78, 5) is 22.6. The fourth-order valence-electron chi connectivity index (χ4n) is 3.88. The molecule has 0 radical (unpaired) electrons. The molecule has 2 aromatic heterocycles. The van der Waals surface area contributed by atoms with Crippen LogP contribution < -0.4 is 0 Å². The molecule has 1 aliphatic heterocycles. The number of hydrogen-bond donors (Lipinski definition) is 1. The monoisotopic (exact) mass is 376 g/mol. The lowest BCUT2D eigenvalue weighted by Crippen LogP contribution is -2.34. The number of aryl methyl sites for hydroxylation is 1. The van der Waals surface area contributed by atoms with E-state index in [0.717, 1.165) is 55.1 Å². The number of nitrogens with zero attached hydrogens (tertiary/aromatic N) is 4. The summed E-state index contributed by atoms with van der Waals surface area (Å²) in [5.74, 6) is -0.482. The number of rotatable bonds is 5. The molecular weight excluding hydrogens is 352 g/mol. The number of carboxylic acids is 1. The average molecular weight is 376 g/mol. The highest BCUT2D eigenvalue weighted by molar-refractivity contribution is 5.87. The summed E-state index contributed by atoms with van der Waals surface area (Å²) in [5, 5.41) is 9.04. The molecule has 0 saturated carbocycles. The Kier molecular flexibility index (Phi) is 5.21. The number of carboxylic acid groups (broad SMARTS) is 1. The molecule has 1 saturated heterocycles. The molecule has 3 aromatic rings. The van der Waals surface area contributed by atoms with Gasteiger partial charge >= 0.3 is 5.97 Å². The van der Waals surface area contributed by atoms with Crippen molar-refractivity contribution in [2.45, 2.75) is 25.3 Å². The Morgan fingerprint density at radius 3 is 2.75 bits per heavy atom. The van der Waals surface area contributed by atoms with E-state index in [2.05, 4.69) is 22.0 Å². The first-order valence-corrected chi connectivity index (χ1v) is 9.58. The van der Waals surface area contributed by atoms with Gasteiger partial charge in [-0.25, -0.2) is 9.78 Å². The minimum absolute atomic E-state index is 0.330. The molecule has 0 unspecified atom stereocenters. The molecule has 3 heterocycles. The molecule has 6 nitrogen and oxygen atoms in total. The number of benzene rings is 1. The van der Waals surface area contributed by atoms with E-state index < -0.39 is 5.97 Å². The molecule has 144 valence electrons. The third kappa shape index (κ3) is 3.97. The van der Waals surface area contributed by atoms with Crippen LogP contribution in [-0.4, -0.2) is 43.6 Å². The van der Waals surface area contributed by atoms with Crippen molar-refractivity contribution in [1.82, 2.24) is 19.4 Å². The Morgan fingerprint density at radius 1 is 1.21 bits per heavy atom. The lowest BCUT2D eigenvalue weighted by atomic mass is 9.93. The Hall–Kier alpha value is -2.99. The second-order valence-electron chi connectivity index (χ2n) is 7.41. The highest BCUT2D eigenvalue weighted by Gasteiger charge is 2.23. The summed E-state index contributed by atoms with van der Waals surface area (Å²) in [6.07, 6.45) is 5.91. The Morgan fingerprint density at radius 2 is 2.04 bits per heavy atom. The van der Waals surface area contributed by atoms with E-state index in [-0.39, 0.29) is 0 Å². The topological polar surface area (TPSA) is 71.2 Å². The van der Waals surface area contributed by atoms with Gasteiger partial charge in [0.05, 0.1) is 29.5 Å². The normalized spacial score (nSPS) is 17.5. The first-order valence-electron chi connectivity index (χ1n) is 9.58. The SMILES string of the molecule is Cn1cncc1-c1cccc([C@@H]2CCCN(Cc3ccc(C(=O)O)cc3)C2)n1. The third-order valence-corrected chi connectivity index (χ3v) is 5.38. The molecule has 1 aromatic carbocycles. The first kappa shape index (κ1) is 18.4. The lowest BCUT2D eigenvalue weighted by Gasteiger charge is -2.32. The van der Waals surface area contributed by atoms with E-state index in [0.29, 0.717) is 11.5 Å². The summed E-state index contributed by atoms with van der Waals surface area (Å²) >= 11 is 0. The van der Waals surface area contributed by atoms with E-state index in [9.17, 15) is 4.79 Å². The molecule has 28 heavy (non-hydrogen) atoms. The van der Waals surface area contributed by atoms with Crippen molar-refractivity contribution >= 4 is 5.97 Å². The molecule has 0 aliphatic carbocycles. The van der Waals surface area contributed by atoms with Crippen LogP contribution in [0, 0.1) is 0 Å². The van der Waals surface area contributed by atoms with Crippen LogP contribution in [0.3, 0.4) is 0 Å². The van der Waals surface area contributed by atoms with E-state index >= 15 is 0 Å². The standard InChI is InChI=1S/C22H24N4O2/c1-25-15-23-12-21(25)20-6-2-5-19(24-20)18-4-3-11-26(14-18)13-16-7-9-17(10-8-16)22(27)28/h2,5-10,12,15,18H,3-4,11,13-14H2,1H3,(H,27,28)/t18-/m1/s1. The minimum atomic E-state index is -0.885. The van der Waals surface area contributed by atoms with Crippen LogP contribution >= 0.6 is 0 Å². The number of imidazole rings is 1. The van der Waals surface area contributed by atoms with Crippen LogP contribution in [0.5, 0.6) is 0 Å². The zero-order valence-electron chi connectivity index (χ0n) is 16.0. The van der Waals surface area contributed by atoms with Crippen LogP contribution in [0.15, 0.2) is 55.0 Å². The van der Waals surface area contributed by atoms with Crippen LogP contribution in [0.1, 0.15) is 40.4 Å². The molecule has 0 amide bonds. The predicted octanol–water partition coefficient (Wildman–Crippen LogP) is 3.56. The summed E-state index contributed by atoms with van der Waals surface area (Å²) in [5.41, 5.74) is 4.58. The van der Waals surface area contributed by atoms with Crippen LogP contribution in [0.2, 0.25) is 0 Å². The van der Waals surface area contributed by atoms with Crippen molar-refractivity contribution in [1.29, 1.82) is 0 Å². The van der Waals surface area contributed by atoms with Gasteiger partial charge in [0.2, 0.25) is 0 Å². The third-order valence-electron chi connectivity index (χ3n) is 5.38. The number of piperidine rings is 1. The van der Waals surface area contributed by atoms with Crippen LogP contribution in [-0.2, 0) is 13.6 Å². The molecule has 0 spiro atoms. The minimum Gasteiger partial charge on any atom is -0.478 e. The highest BCUT2D eigenvalue weighted by Crippen LogP contribution is 2.28. The molecular formula is C22H24N4O2. The van der Waals surface area contributed by atoms with Gasteiger partial charge in [-0.05, 0) is 49.2 Å². The van der Waals surface area contributed by atoms with Crippen molar-refractivity contribution in [2.75, 3.05) is 13.1 Å². The number of aromatic nitrogens is 3. The smallest absolute Gasteiger partial charge is 0.335 e. The predicted molar refractivity (Wildman–Crippen MR) is 107 cm³/mol. The molecule has 1 atom stereocenters. The van der Waals surface area contributed by atoms with Gasteiger partial charge in [0.1, 0.15) is 0 Å². The highest BCUT2D eigenvalue weighted by atomic mass is 16.4. The summed E-state index contributed by atoms with van der Waals surface area (Å²) < 4.78 is 1.99. The van der Waals surface area contributed by atoms with Crippen molar-refractivity contribution in [2.24, 2.45) is 7.05 Å². The van der Waals surface area contributed by atoms with Crippen LogP contribution in [0.4, 0.5) is 0 Å². The van der Waals surface area contributed by atoms with E-state index in [4.69, 9.17) is 10.1 Å². The maximum Gasteiger partial charge on any atom is 0.335 e. The largest absolute Gasteiger partial charge is 0.478 e. The zero-order valence-corrected chi connectivity index (χ0v) is 16.0. The number of carbonyl (C=O) groups is 1. The Bertz CT molecular complexity index is 965. The molecule has 4 rings (SSSR count). The van der Waals surface area contributed by atoms with Gasteiger partial charge in [-0.15, -0.1) is 0 Å². The molecule has 1 fully saturated rings. The van der Waals surface area contributed by atoms with Crippen molar-refractivity contribution in [3.8, 4) is 11.4 Å². The number of pyridine rings is 1. The molecule has 0 bridgehead atoms. The van der Waals surface area contributed by atoms with E-state index in [1.54, 1.807) is 18.5 Å². The van der Waals surface area contributed by atoms with Gasteiger partial charge in [-0.3, -0.25) is 9.88 Å². The van der Waals surface area contributed by atoms with Gasteiger partial charge in [0, 0.05) is 31.7 Å². The maximum atomic E-state index is 11.0. The van der Waals surface area contributed by atoms with E-state index in [1.807, 2.05) is 36.0 Å². The second kappa shape index (κ2) is 7.94. The molecule has 6 heteroatoms. The summed E-state index contributed by atoms with van der Waals surface area (Å²) in [6.45, 7) is 2.85. The number of hydrogen-bond acceptors (Lipinski definition) is 4. The van der Waals surface area contributed by atoms with Crippen molar-refractivity contribution in [3.63, 3.8) is 0 Å². The van der Waals surface area contributed by atoms with Gasteiger partial charge in [0.25, 0.3) is 0 Å². The van der Waals surface area contributed by atoms with Crippen molar-refractivity contribution < 1.29 is 9.90 Å². The Labute approximate surface area is 164 Å². The van der Waals surface area contributed by atoms with Gasteiger partial charge in [-0.2, -0.15) is 0 Å². The van der Waals surface area contributed by atoms with Gasteiger partial charge < -0.3 is 9.67 Å². The van der Waals surface area contributed by atoms with Gasteiger partial charge in [-0.1, -0.05) is 18.2 Å². The molecule has 1 N–H and O–H groups in total. The van der Waals surface area contributed by atoms with Crippen LogP contribution in [0.25, 0.3) is 11.4 Å². The van der Waals surface area contributed by atoms with Gasteiger partial charge in [0.15, 0.2) is 0 Å². The number of likely N-dealkylation sites (tertiary alicyclic amines) is 1. The summed E-state index contributed by atoms with van der Waals surface area (Å²) in [7, 11) is 1.98. The molecule has 1 aliphatic rings. The Balaban J connectivity index is 1.46. The zero-order chi connectivity index (χ0) is 19.5. The number of aromatic carboxylic acids is 1. The van der Waals surface area contributed by atoms with Crippen molar-refractivity contribution in [3.05, 3.63) is 71.8 Å². The average Bonchev–Trinajstić information content (AvgIpc) is 3.15. The quantitative estimate of drug-likeness (QED) is 0.737. The first-order chi connectivity index (χ1) is 13.6. The maximum absolute atomic E-state index is 11.0. The lowest BCUT2D eigenvalue weighted by molar-refractivity contribution is 0.0697. The second-order valence-corrected chi connectivity index (χ2v) is 7.41. The van der Waals surface area contributed by atoms with E-state index in [1.165, 1.54) is 0 Å². The fraction of sp³-hybridized carbons (Fsp3) is 0.318. The fourth-order valence-corrected chi connectivity index (χ4v) is 3.88. The summed E-state index contributed by atoms with van der Waals surface area (Å²) in [6, 6.07) is 13.4.